The zero-order valence-corrected chi connectivity index (χ0v) is 18.5. The van der Waals surface area contributed by atoms with Gasteiger partial charge in [-0.3, -0.25) is 9.59 Å². The Bertz CT molecular complexity index is 1340. The molecule has 168 valence electrons. The summed E-state index contributed by atoms with van der Waals surface area (Å²) in [6, 6.07) is 20.2. The van der Waals surface area contributed by atoms with E-state index in [9.17, 15) is 14.0 Å². The zero-order chi connectivity index (χ0) is 23.4. The number of hydrogen-bond acceptors (Lipinski definition) is 4. The van der Waals surface area contributed by atoms with Crippen LogP contribution >= 0.6 is 0 Å². The number of benzene rings is 3. The number of Topliss-reactive ketones (excluding diaryl/α,β-unsaturated/α-hetero) is 1. The van der Waals surface area contributed by atoms with Crippen LogP contribution in [-0.2, 0) is 6.54 Å². The first-order valence-corrected chi connectivity index (χ1v) is 10.8. The van der Waals surface area contributed by atoms with Gasteiger partial charge in [0.15, 0.2) is 11.5 Å². The van der Waals surface area contributed by atoms with Crippen LogP contribution in [0.3, 0.4) is 0 Å². The number of para-hydroxylation sites is 1. The highest BCUT2D eigenvalue weighted by molar-refractivity contribution is 5.94. The number of nitrogens with zero attached hydrogens (tertiary/aromatic N) is 1. The standard InChI is InChI=1S/C27H24FNO4/c1-3-29-24-7-5-4-6-23(24)26(31)27(25(29)20-8-12-21(28)13-9-20)33-17-16-32-22-14-10-19(11-15-22)18(2)30/h4-15H,3,16-17H2,1-2H3. The van der Waals surface area contributed by atoms with Crippen LogP contribution in [0.2, 0.25) is 0 Å². The van der Waals surface area contributed by atoms with E-state index in [0.717, 1.165) is 5.52 Å². The summed E-state index contributed by atoms with van der Waals surface area (Å²) in [5.74, 6) is 0.447. The predicted octanol–water partition coefficient (Wildman–Crippen LogP) is 5.49. The highest BCUT2D eigenvalue weighted by Crippen LogP contribution is 2.31. The third-order valence-corrected chi connectivity index (χ3v) is 5.42. The van der Waals surface area contributed by atoms with Crippen molar-refractivity contribution in [2.24, 2.45) is 0 Å². The number of halogens is 1. The fourth-order valence-corrected chi connectivity index (χ4v) is 3.82. The van der Waals surface area contributed by atoms with Gasteiger partial charge in [-0.15, -0.1) is 0 Å². The first-order chi connectivity index (χ1) is 16.0. The van der Waals surface area contributed by atoms with Crippen molar-refractivity contribution in [2.45, 2.75) is 20.4 Å². The summed E-state index contributed by atoms with van der Waals surface area (Å²) < 4.78 is 27.3. The van der Waals surface area contributed by atoms with E-state index in [1.807, 2.05) is 29.7 Å². The third-order valence-electron chi connectivity index (χ3n) is 5.42. The molecule has 0 saturated carbocycles. The average Bonchev–Trinajstić information content (AvgIpc) is 2.83. The van der Waals surface area contributed by atoms with E-state index in [-0.39, 0.29) is 36.0 Å². The molecule has 0 unspecified atom stereocenters. The third kappa shape index (κ3) is 4.65. The molecular formula is C27H24FNO4. The minimum absolute atomic E-state index is 0.0123. The van der Waals surface area contributed by atoms with Crippen LogP contribution in [0, 0.1) is 5.82 Å². The number of hydrogen-bond donors (Lipinski definition) is 0. The fourth-order valence-electron chi connectivity index (χ4n) is 3.82. The number of carbonyl (C=O) groups is 1. The van der Waals surface area contributed by atoms with E-state index in [1.165, 1.54) is 19.1 Å². The van der Waals surface area contributed by atoms with Gasteiger partial charge in [0.05, 0.1) is 11.2 Å². The highest BCUT2D eigenvalue weighted by Gasteiger charge is 2.19. The Morgan fingerprint density at radius 3 is 2.24 bits per heavy atom. The van der Waals surface area contributed by atoms with Crippen LogP contribution < -0.4 is 14.9 Å². The molecule has 6 heteroatoms. The lowest BCUT2D eigenvalue weighted by atomic mass is 10.1. The smallest absolute Gasteiger partial charge is 0.231 e. The lowest BCUT2D eigenvalue weighted by Crippen LogP contribution is -2.19. The summed E-state index contributed by atoms with van der Waals surface area (Å²) in [4.78, 5) is 24.7. The van der Waals surface area contributed by atoms with Crippen molar-refractivity contribution in [2.75, 3.05) is 13.2 Å². The number of ether oxygens (including phenoxy) is 2. The van der Waals surface area contributed by atoms with Crippen LogP contribution in [-0.4, -0.2) is 23.6 Å². The van der Waals surface area contributed by atoms with Gasteiger partial charge in [0.1, 0.15) is 24.8 Å². The van der Waals surface area contributed by atoms with Gasteiger partial charge in [0.25, 0.3) is 0 Å². The number of ketones is 1. The first kappa shape index (κ1) is 22.3. The molecule has 0 radical (unpaired) electrons. The largest absolute Gasteiger partial charge is 0.490 e. The molecule has 5 nitrogen and oxygen atoms in total. The van der Waals surface area contributed by atoms with Gasteiger partial charge in [-0.05, 0) is 74.5 Å². The molecule has 0 aliphatic carbocycles. The van der Waals surface area contributed by atoms with Gasteiger partial charge in [-0.25, -0.2) is 4.39 Å². The normalized spacial score (nSPS) is 10.9. The van der Waals surface area contributed by atoms with Crippen LogP contribution in [0.15, 0.2) is 77.6 Å². The predicted molar refractivity (Wildman–Crippen MR) is 127 cm³/mol. The summed E-state index contributed by atoms with van der Waals surface area (Å²) in [7, 11) is 0. The molecule has 0 atom stereocenters. The Morgan fingerprint density at radius 2 is 1.58 bits per heavy atom. The molecule has 0 amide bonds. The second-order valence-corrected chi connectivity index (χ2v) is 7.55. The zero-order valence-electron chi connectivity index (χ0n) is 18.5. The molecule has 1 heterocycles. The van der Waals surface area contributed by atoms with Crippen LogP contribution in [0.1, 0.15) is 24.2 Å². The van der Waals surface area contributed by atoms with Crippen molar-refractivity contribution in [3.63, 3.8) is 0 Å². The van der Waals surface area contributed by atoms with Gasteiger partial charge in [0.2, 0.25) is 5.43 Å². The quantitative estimate of drug-likeness (QED) is 0.266. The Morgan fingerprint density at radius 1 is 0.909 bits per heavy atom. The van der Waals surface area contributed by atoms with E-state index < -0.39 is 0 Å². The van der Waals surface area contributed by atoms with Crippen molar-refractivity contribution in [1.29, 1.82) is 0 Å². The maximum Gasteiger partial charge on any atom is 0.231 e. The van der Waals surface area contributed by atoms with Gasteiger partial charge in [0, 0.05) is 23.1 Å². The van der Waals surface area contributed by atoms with E-state index >= 15 is 0 Å². The Hall–Kier alpha value is -3.93. The lowest BCUT2D eigenvalue weighted by Gasteiger charge is -2.20. The van der Waals surface area contributed by atoms with Gasteiger partial charge < -0.3 is 14.0 Å². The van der Waals surface area contributed by atoms with Crippen molar-refractivity contribution >= 4 is 16.7 Å². The molecule has 4 rings (SSSR count). The molecule has 3 aromatic carbocycles. The van der Waals surface area contributed by atoms with Crippen molar-refractivity contribution in [1.82, 2.24) is 4.57 Å². The van der Waals surface area contributed by atoms with Crippen molar-refractivity contribution in [3.8, 4) is 22.8 Å². The van der Waals surface area contributed by atoms with Crippen LogP contribution in [0.25, 0.3) is 22.2 Å². The van der Waals surface area contributed by atoms with Gasteiger partial charge in [-0.2, -0.15) is 0 Å². The Labute approximate surface area is 191 Å². The minimum atomic E-state index is -0.350. The molecule has 0 spiro atoms. The molecule has 0 bridgehead atoms. The molecule has 0 fully saturated rings. The topological polar surface area (TPSA) is 57.5 Å². The molecule has 0 saturated heterocycles. The summed E-state index contributed by atoms with van der Waals surface area (Å²) >= 11 is 0. The minimum Gasteiger partial charge on any atom is -0.490 e. The van der Waals surface area contributed by atoms with Crippen LogP contribution in [0.4, 0.5) is 4.39 Å². The second-order valence-electron chi connectivity index (χ2n) is 7.55. The van der Waals surface area contributed by atoms with Gasteiger partial charge in [-0.1, -0.05) is 12.1 Å². The second kappa shape index (κ2) is 9.69. The molecular weight excluding hydrogens is 421 g/mol. The van der Waals surface area contributed by atoms with E-state index in [2.05, 4.69) is 0 Å². The molecule has 0 N–H and O–H groups in total. The molecule has 33 heavy (non-hydrogen) atoms. The van der Waals surface area contributed by atoms with Crippen molar-refractivity contribution in [3.05, 3.63) is 94.4 Å². The molecule has 1 aromatic heterocycles. The van der Waals surface area contributed by atoms with Gasteiger partial charge >= 0.3 is 0 Å². The lowest BCUT2D eigenvalue weighted by molar-refractivity contribution is 0.101. The summed E-state index contributed by atoms with van der Waals surface area (Å²) in [6.07, 6.45) is 0. The maximum absolute atomic E-state index is 13.6. The summed E-state index contributed by atoms with van der Waals surface area (Å²) in [5, 5.41) is 0.556. The summed E-state index contributed by atoms with van der Waals surface area (Å²) in [6.45, 7) is 4.44. The highest BCUT2D eigenvalue weighted by atomic mass is 19.1. The fraction of sp³-hybridized carbons (Fsp3) is 0.185. The first-order valence-electron chi connectivity index (χ1n) is 10.8. The number of pyridine rings is 1. The number of aromatic nitrogens is 1. The van der Waals surface area contributed by atoms with E-state index in [4.69, 9.17) is 9.47 Å². The van der Waals surface area contributed by atoms with E-state index in [0.29, 0.717) is 34.5 Å². The molecule has 0 aliphatic rings. The maximum atomic E-state index is 13.6. The number of carbonyl (C=O) groups excluding carboxylic acids is 1. The van der Waals surface area contributed by atoms with E-state index in [1.54, 1.807) is 42.5 Å². The van der Waals surface area contributed by atoms with Crippen LogP contribution in [0.5, 0.6) is 11.5 Å². The molecule has 4 aromatic rings. The molecule has 0 aliphatic heterocycles. The monoisotopic (exact) mass is 445 g/mol. The number of fused-ring (bicyclic) bond motifs is 1. The summed E-state index contributed by atoms with van der Waals surface area (Å²) in [5.41, 5.74) is 2.47. The Kier molecular flexibility index (Phi) is 6.54. The Balaban J connectivity index is 1.65. The van der Waals surface area contributed by atoms with Crippen molar-refractivity contribution < 1.29 is 18.7 Å². The average molecular weight is 445 g/mol. The number of aryl methyl sites for hydroxylation is 1. The SMILES string of the molecule is CCn1c(-c2ccc(F)cc2)c(OCCOc2ccc(C(C)=O)cc2)c(=O)c2ccccc21. The number of rotatable bonds is 8.